The molecule has 0 fully saturated rings. The van der Waals surface area contributed by atoms with Gasteiger partial charge in [0.2, 0.25) is 0 Å². The highest BCUT2D eigenvalue weighted by atomic mass is 19.2. The first-order valence-electron chi connectivity index (χ1n) is 10.8. The fraction of sp³-hybridized carbons (Fsp3) is 0.143. The Morgan fingerprint density at radius 1 is 0.706 bits per heavy atom. The molecule has 0 saturated heterocycles. The quantitative estimate of drug-likeness (QED) is 0.298. The van der Waals surface area contributed by atoms with Gasteiger partial charge in [0.1, 0.15) is 23.9 Å². The summed E-state index contributed by atoms with van der Waals surface area (Å²) in [7, 11) is 0. The molecule has 0 unspecified atom stereocenters. The highest BCUT2D eigenvalue weighted by Gasteiger charge is 2.15. The first kappa shape index (κ1) is 23.4. The summed E-state index contributed by atoms with van der Waals surface area (Å²) in [6, 6.07) is 20.5. The van der Waals surface area contributed by atoms with Crippen molar-refractivity contribution in [2.45, 2.75) is 20.1 Å². The summed E-state index contributed by atoms with van der Waals surface area (Å²) in [6.45, 7) is 2.63. The van der Waals surface area contributed by atoms with Gasteiger partial charge in [-0.3, -0.25) is 0 Å². The topological polar surface area (TPSA) is 38.7 Å². The maximum Gasteiger partial charge on any atom is 0.167 e. The molecular weight excluding hydrogens is 441 g/mol. The predicted molar refractivity (Wildman–Crippen MR) is 125 cm³/mol. The number of phenols is 1. The van der Waals surface area contributed by atoms with Crippen molar-refractivity contribution in [3.63, 3.8) is 0 Å². The fourth-order valence-electron chi connectivity index (χ4n) is 3.56. The molecule has 0 aromatic heterocycles. The molecule has 0 aliphatic heterocycles. The van der Waals surface area contributed by atoms with Crippen molar-refractivity contribution in [1.29, 1.82) is 0 Å². The van der Waals surface area contributed by atoms with Gasteiger partial charge in [-0.25, -0.2) is 13.2 Å². The fourth-order valence-corrected chi connectivity index (χ4v) is 3.56. The highest BCUT2D eigenvalue weighted by molar-refractivity contribution is 5.66. The van der Waals surface area contributed by atoms with Crippen LogP contribution in [0.3, 0.4) is 0 Å². The number of halogens is 3. The third kappa shape index (κ3) is 5.24. The Balaban J connectivity index is 1.44. The lowest BCUT2D eigenvalue weighted by Crippen LogP contribution is -2.02. The molecule has 34 heavy (non-hydrogen) atoms. The van der Waals surface area contributed by atoms with Gasteiger partial charge >= 0.3 is 0 Å². The monoisotopic (exact) mass is 464 g/mol. The summed E-state index contributed by atoms with van der Waals surface area (Å²) < 4.78 is 54.7. The van der Waals surface area contributed by atoms with Crippen LogP contribution < -0.4 is 4.74 Å². The van der Waals surface area contributed by atoms with Crippen molar-refractivity contribution in [2.75, 3.05) is 6.61 Å². The van der Waals surface area contributed by atoms with E-state index in [-0.39, 0.29) is 29.3 Å². The number of aromatic hydroxyl groups is 1. The Morgan fingerprint density at radius 2 is 1.35 bits per heavy atom. The van der Waals surface area contributed by atoms with Gasteiger partial charge in [0.15, 0.2) is 11.6 Å². The molecule has 0 spiro atoms. The minimum absolute atomic E-state index is 0.0435. The largest absolute Gasteiger partial charge is 0.508 e. The van der Waals surface area contributed by atoms with Crippen LogP contribution in [0.25, 0.3) is 22.3 Å². The number of benzene rings is 4. The van der Waals surface area contributed by atoms with Crippen molar-refractivity contribution in [3.05, 3.63) is 107 Å². The first-order valence-corrected chi connectivity index (χ1v) is 10.8. The molecule has 3 nitrogen and oxygen atoms in total. The molecule has 0 bridgehead atoms. The van der Waals surface area contributed by atoms with E-state index in [9.17, 15) is 18.3 Å². The van der Waals surface area contributed by atoms with Crippen LogP contribution in [0.1, 0.15) is 18.1 Å². The van der Waals surface area contributed by atoms with Crippen molar-refractivity contribution < 1.29 is 27.8 Å². The van der Waals surface area contributed by atoms with Crippen molar-refractivity contribution in [1.82, 2.24) is 0 Å². The number of hydrogen-bond donors (Lipinski definition) is 1. The van der Waals surface area contributed by atoms with E-state index in [1.165, 1.54) is 42.5 Å². The van der Waals surface area contributed by atoms with E-state index < -0.39 is 11.6 Å². The second-order valence-corrected chi connectivity index (χ2v) is 7.71. The van der Waals surface area contributed by atoms with Gasteiger partial charge in [0, 0.05) is 23.3 Å². The summed E-state index contributed by atoms with van der Waals surface area (Å²) in [6.07, 6.45) is 0. The molecule has 174 valence electrons. The van der Waals surface area contributed by atoms with E-state index in [0.29, 0.717) is 35.7 Å². The van der Waals surface area contributed by atoms with Gasteiger partial charge in [0.25, 0.3) is 0 Å². The minimum atomic E-state index is -0.989. The van der Waals surface area contributed by atoms with E-state index >= 15 is 0 Å². The molecule has 0 aliphatic carbocycles. The highest BCUT2D eigenvalue weighted by Crippen LogP contribution is 2.29. The molecule has 0 saturated carbocycles. The summed E-state index contributed by atoms with van der Waals surface area (Å²) in [5.41, 5.74) is 2.50. The van der Waals surface area contributed by atoms with Crippen LogP contribution in [0.4, 0.5) is 13.2 Å². The van der Waals surface area contributed by atoms with E-state index in [4.69, 9.17) is 9.47 Å². The van der Waals surface area contributed by atoms with Gasteiger partial charge in [-0.15, -0.1) is 0 Å². The standard InChI is InChI=1S/C28H23F3O3/c1-2-33-16-18-3-13-24(26(29)15-18)19-6-11-23(12-7-19)34-17-21-8-14-25(28(31)27(21)30)20-4-9-22(32)10-5-20/h3-15,32H,2,16-17H2,1H3. The normalized spacial score (nSPS) is 10.9. The minimum Gasteiger partial charge on any atom is -0.508 e. The van der Waals surface area contributed by atoms with Crippen LogP contribution in [0, 0.1) is 17.5 Å². The molecule has 4 aromatic carbocycles. The Morgan fingerprint density at radius 3 is 2.03 bits per heavy atom. The third-order valence-electron chi connectivity index (χ3n) is 5.41. The average Bonchev–Trinajstić information content (AvgIpc) is 2.85. The zero-order valence-electron chi connectivity index (χ0n) is 18.5. The predicted octanol–water partition coefficient (Wildman–Crippen LogP) is 7.26. The lowest BCUT2D eigenvalue weighted by atomic mass is 10.0. The van der Waals surface area contributed by atoms with Crippen molar-refractivity contribution in [2.24, 2.45) is 0 Å². The molecule has 0 radical (unpaired) electrons. The molecular formula is C28H23F3O3. The summed E-state index contributed by atoms with van der Waals surface area (Å²) in [5.74, 6) is -1.83. The SMILES string of the molecule is CCOCc1ccc(-c2ccc(OCc3ccc(-c4ccc(O)cc4)c(F)c3F)cc2)c(F)c1. The summed E-state index contributed by atoms with van der Waals surface area (Å²) in [5, 5.41) is 9.38. The van der Waals surface area contributed by atoms with Crippen molar-refractivity contribution >= 4 is 0 Å². The summed E-state index contributed by atoms with van der Waals surface area (Å²) in [4.78, 5) is 0. The van der Waals surface area contributed by atoms with E-state index in [1.54, 1.807) is 30.3 Å². The van der Waals surface area contributed by atoms with E-state index in [0.717, 1.165) is 5.56 Å². The molecule has 1 N–H and O–H groups in total. The second-order valence-electron chi connectivity index (χ2n) is 7.71. The number of rotatable bonds is 8. The average molecular weight is 464 g/mol. The van der Waals surface area contributed by atoms with Crippen LogP contribution in [0.5, 0.6) is 11.5 Å². The van der Waals surface area contributed by atoms with Crippen LogP contribution in [-0.4, -0.2) is 11.7 Å². The zero-order valence-corrected chi connectivity index (χ0v) is 18.5. The Labute approximate surface area is 196 Å². The molecule has 4 aromatic rings. The lowest BCUT2D eigenvalue weighted by Gasteiger charge is -2.11. The first-order chi connectivity index (χ1) is 16.5. The summed E-state index contributed by atoms with van der Waals surface area (Å²) >= 11 is 0. The van der Waals surface area contributed by atoms with Crippen LogP contribution in [0.15, 0.2) is 78.9 Å². The molecule has 0 atom stereocenters. The lowest BCUT2D eigenvalue weighted by molar-refractivity contribution is 0.134. The second kappa shape index (κ2) is 10.4. The maximum atomic E-state index is 14.6. The van der Waals surface area contributed by atoms with E-state index in [2.05, 4.69) is 0 Å². The molecule has 0 amide bonds. The molecule has 4 rings (SSSR count). The van der Waals surface area contributed by atoms with Crippen LogP contribution in [0.2, 0.25) is 0 Å². The van der Waals surface area contributed by atoms with Gasteiger partial charge in [-0.05, 0) is 53.9 Å². The Hall–Kier alpha value is -3.77. The number of ether oxygens (including phenoxy) is 2. The van der Waals surface area contributed by atoms with E-state index in [1.807, 2.05) is 13.0 Å². The van der Waals surface area contributed by atoms with Crippen LogP contribution in [-0.2, 0) is 18.0 Å². The maximum absolute atomic E-state index is 14.6. The number of phenolic OH excluding ortho intramolecular Hbond substituents is 1. The van der Waals surface area contributed by atoms with Gasteiger partial charge in [-0.1, -0.05) is 48.5 Å². The smallest absolute Gasteiger partial charge is 0.167 e. The van der Waals surface area contributed by atoms with Gasteiger partial charge in [-0.2, -0.15) is 0 Å². The zero-order chi connectivity index (χ0) is 24.1. The molecule has 0 aliphatic rings. The third-order valence-corrected chi connectivity index (χ3v) is 5.41. The van der Waals surface area contributed by atoms with Crippen LogP contribution >= 0.6 is 0 Å². The molecule has 6 heteroatoms. The number of hydrogen-bond acceptors (Lipinski definition) is 3. The van der Waals surface area contributed by atoms with Gasteiger partial charge < -0.3 is 14.6 Å². The van der Waals surface area contributed by atoms with Crippen molar-refractivity contribution in [3.8, 4) is 33.8 Å². The molecule has 0 heterocycles. The van der Waals surface area contributed by atoms with Gasteiger partial charge in [0.05, 0.1) is 6.61 Å². The Bertz CT molecular complexity index is 1270. The Kier molecular flexibility index (Phi) is 7.18.